The Labute approximate surface area is 123 Å². The van der Waals surface area contributed by atoms with E-state index in [2.05, 4.69) is 22.6 Å². The van der Waals surface area contributed by atoms with Crippen LogP contribution in [-0.2, 0) is 9.31 Å². The standard InChI is InChI=1S/C13H19BINO2/c1-12(2)13(3,4)18-14(17-12)11(16)9-7-5-6-8-10(9)15/h5-8,11H,16H2,1-4H3/t11-/m1/s1. The second-order valence-corrected chi connectivity index (χ2v) is 6.83. The summed E-state index contributed by atoms with van der Waals surface area (Å²) in [6.07, 6.45) is 0. The summed E-state index contributed by atoms with van der Waals surface area (Å²) in [7, 11) is -0.397. The fourth-order valence-electron chi connectivity index (χ4n) is 1.93. The number of hydrogen-bond donors (Lipinski definition) is 1. The SMILES string of the molecule is CC1(C)OB([C@H](N)c2ccccc2I)OC1(C)C. The summed E-state index contributed by atoms with van der Waals surface area (Å²) >= 11 is 2.29. The van der Waals surface area contributed by atoms with Crippen LogP contribution in [0.5, 0.6) is 0 Å². The second kappa shape index (κ2) is 4.78. The number of benzene rings is 1. The topological polar surface area (TPSA) is 44.5 Å². The van der Waals surface area contributed by atoms with Crippen LogP contribution in [0.15, 0.2) is 24.3 Å². The van der Waals surface area contributed by atoms with Crippen molar-refractivity contribution in [2.45, 2.75) is 44.8 Å². The zero-order valence-corrected chi connectivity index (χ0v) is 13.4. The van der Waals surface area contributed by atoms with Crippen molar-refractivity contribution in [3.8, 4) is 0 Å². The lowest BCUT2D eigenvalue weighted by Gasteiger charge is -2.32. The Hall–Kier alpha value is -0.105. The van der Waals surface area contributed by atoms with Crippen molar-refractivity contribution < 1.29 is 9.31 Å². The van der Waals surface area contributed by atoms with Crippen LogP contribution < -0.4 is 5.73 Å². The molecule has 2 rings (SSSR count). The van der Waals surface area contributed by atoms with Gasteiger partial charge in [0.05, 0.1) is 17.1 Å². The van der Waals surface area contributed by atoms with Gasteiger partial charge in [-0.2, -0.15) is 0 Å². The van der Waals surface area contributed by atoms with Gasteiger partial charge in [0.1, 0.15) is 0 Å². The highest BCUT2D eigenvalue weighted by atomic mass is 127. The van der Waals surface area contributed by atoms with Crippen molar-refractivity contribution in [1.29, 1.82) is 0 Å². The molecule has 1 heterocycles. The molecule has 0 radical (unpaired) electrons. The fraction of sp³-hybridized carbons (Fsp3) is 0.538. The van der Waals surface area contributed by atoms with Crippen LogP contribution in [0, 0.1) is 3.57 Å². The molecule has 18 heavy (non-hydrogen) atoms. The summed E-state index contributed by atoms with van der Waals surface area (Å²) in [5, 5.41) is 0. The highest BCUT2D eigenvalue weighted by Gasteiger charge is 2.53. The molecule has 1 aromatic carbocycles. The van der Waals surface area contributed by atoms with Gasteiger partial charge in [-0.05, 0) is 61.9 Å². The fourth-order valence-corrected chi connectivity index (χ4v) is 2.67. The third-order valence-corrected chi connectivity index (χ3v) is 4.81. The lowest BCUT2D eigenvalue weighted by atomic mass is 9.75. The summed E-state index contributed by atoms with van der Waals surface area (Å²) < 4.78 is 13.1. The average molecular weight is 359 g/mol. The smallest absolute Gasteiger partial charge is 0.402 e. The summed E-state index contributed by atoms with van der Waals surface area (Å²) in [6, 6.07) is 8.06. The first-order valence-corrected chi connectivity index (χ1v) is 7.18. The first-order valence-electron chi connectivity index (χ1n) is 6.10. The van der Waals surface area contributed by atoms with Crippen LogP contribution in [-0.4, -0.2) is 18.3 Å². The highest BCUT2D eigenvalue weighted by Crippen LogP contribution is 2.39. The normalized spacial score (nSPS) is 23.1. The van der Waals surface area contributed by atoms with Crippen LogP contribution >= 0.6 is 22.6 Å². The minimum atomic E-state index is -0.397. The minimum Gasteiger partial charge on any atom is -0.402 e. The molecule has 0 amide bonds. The summed E-state index contributed by atoms with van der Waals surface area (Å²) in [5.41, 5.74) is 6.68. The maximum Gasteiger partial charge on any atom is 0.480 e. The van der Waals surface area contributed by atoms with Gasteiger partial charge >= 0.3 is 7.12 Å². The Morgan fingerprint density at radius 3 is 2.11 bits per heavy atom. The van der Waals surface area contributed by atoms with E-state index in [1.54, 1.807) is 0 Å². The number of halogens is 1. The van der Waals surface area contributed by atoms with E-state index in [0.29, 0.717) is 0 Å². The largest absolute Gasteiger partial charge is 0.480 e. The van der Waals surface area contributed by atoms with Gasteiger partial charge in [-0.1, -0.05) is 18.2 Å². The molecule has 5 heteroatoms. The molecular formula is C13H19BINO2. The van der Waals surface area contributed by atoms with Crippen LogP contribution in [0.1, 0.15) is 39.2 Å². The van der Waals surface area contributed by atoms with Gasteiger partial charge in [0.15, 0.2) is 0 Å². The van der Waals surface area contributed by atoms with Crippen molar-refractivity contribution >= 4 is 29.7 Å². The highest BCUT2D eigenvalue weighted by molar-refractivity contribution is 14.1. The molecule has 98 valence electrons. The zero-order chi connectivity index (χ0) is 13.6. The minimum absolute atomic E-state index is 0.265. The molecule has 0 spiro atoms. The number of hydrogen-bond acceptors (Lipinski definition) is 3. The van der Waals surface area contributed by atoms with Crippen LogP contribution in [0.3, 0.4) is 0 Å². The van der Waals surface area contributed by atoms with Crippen molar-refractivity contribution in [1.82, 2.24) is 0 Å². The van der Waals surface area contributed by atoms with E-state index >= 15 is 0 Å². The van der Waals surface area contributed by atoms with E-state index in [9.17, 15) is 0 Å². The molecule has 0 saturated carbocycles. The van der Waals surface area contributed by atoms with E-state index < -0.39 is 7.12 Å². The Morgan fingerprint density at radius 1 is 1.11 bits per heavy atom. The van der Waals surface area contributed by atoms with E-state index in [1.807, 2.05) is 52.0 Å². The van der Waals surface area contributed by atoms with E-state index in [0.717, 1.165) is 9.13 Å². The molecular weight excluding hydrogens is 340 g/mol. The van der Waals surface area contributed by atoms with E-state index in [-0.39, 0.29) is 17.1 Å². The first-order chi connectivity index (χ1) is 8.24. The third-order valence-electron chi connectivity index (χ3n) is 3.83. The number of rotatable bonds is 2. The molecule has 1 aromatic rings. The van der Waals surface area contributed by atoms with Gasteiger partial charge < -0.3 is 15.0 Å². The molecule has 1 fully saturated rings. The average Bonchev–Trinajstić information content (AvgIpc) is 2.48. The predicted molar refractivity (Wildman–Crippen MR) is 82.2 cm³/mol. The van der Waals surface area contributed by atoms with Crippen molar-refractivity contribution in [2.24, 2.45) is 5.73 Å². The Bertz CT molecular complexity index is 434. The number of nitrogens with two attached hydrogens (primary N) is 1. The summed E-state index contributed by atoms with van der Waals surface area (Å²) in [5.74, 6) is -0.265. The first kappa shape index (κ1) is 14.3. The maximum absolute atomic E-state index is 6.29. The summed E-state index contributed by atoms with van der Waals surface area (Å²) in [4.78, 5) is 0. The summed E-state index contributed by atoms with van der Waals surface area (Å²) in [6.45, 7) is 8.15. The second-order valence-electron chi connectivity index (χ2n) is 5.67. The van der Waals surface area contributed by atoms with Gasteiger partial charge in [0, 0.05) is 3.57 Å². The van der Waals surface area contributed by atoms with E-state index in [1.165, 1.54) is 0 Å². The molecule has 1 saturated heterocycles. The van der Waals surface area contributed by atoms with Gasteiger partial charge in [-0.3, -0.25) is 0 Å². The van der Waals surface area contributed by atoms with Crippen molar-refractivity contribution in [2.75, 3.05) is 0 Å². The Balaban J connectivity index is 2.23. The van der Waals surface area contributed by atoms with Crippen LogP contribution in [0.25, 0.3) is 0 Å². The van der Waals surface area contributed by atoms with Crippen molar-refractivity contribution in [3.63, 3.8) is 0 Å². The molecule has 0 aromatic heterocycles. The maximum atomic E-state index is 6.29. The van der Waals surface area contributed by atoms with E-state index in [4.69, 9.17) is 15.0 Å². The third kappa shape index (κ3) is 2.46. The lowest BCUT2D eigenvalue weighted by Crippen LogP contribution is -2.41. The Morgan fingerprint density at radius 2 is 1.61 bits per heavy atom. The zero-order valence-electron chi connectivity index (χ0n) is 11.2. The molecule has 0 unspecified atom stereocenters. The van der Waals surface area contributed by atoms with Crippen molar-refractivity contribution in [3.05, 3.63) is 33.4 Å². The van der Waals surface area contributed by atoms with Gasteiger partial charge in [0.25, 0.3) is 0 Å². The van der Waals surface area contributed by atoms with Crippen LogP contribution in [0.2, 0.25) is 0 Å². The Kier molecular flexibility index (Phi) is 3.80. The molecule has 3 nitrogen and oxygen atoms in total. The van der Waals surface area contributed by atoms with Gasteiger partial charge in [-0.25, -0.2) is 0 Å². The lowest BCUT2D eigenvalue weighted by molar-refractivity contribution is 0.00578. The monoisotopic (exact) mass is 359 g/mol. The quantitative estimate of drug-likeness (QED) is 0.653. The molecule has 1 aliphatic rings. The predicted octanol–water partition coefficient (Wildman–Crippen LogP) is 2.92. The molecule has 0 aliphatic carbocycles. The van der Waals surface area contributed by atoms with Crippen LogP contribution in [0.4, 0.5) is 0 Å². The van der Waals surface area contributed by atoms with Gasteiger partial charge in [0.2, 0.25) is 0 Å². The molecule has 1 atom stereocenters. The van der Waals surface area contributed by atoms with Gasteiger partial charge in [-0.15, -0.1) is 0 Å². The molecule has 2 N–H and O–H groups in total. The molecule has 0 bridgehead atoms. The molecule has 1 aliphatic heterocycles.